The van der Waals surface area contributed by atoms with E-state index in [2.05, 4.69) is 10.6 Å². The van der Waals surface area contributed by atoms with Gasteiger partial charge in [-0.1, -0.05) is 0 Å². The molecule has 0 fully saturated rings. The first-order chi connectivity index (χ1) is 13.1. The molecule has 8 heteroatoms. The fourth-order valence-electron chi connectivity index (χ4n) is 2.48. The number of hydrogen-bond acceptors (Lipinski definition) is 6. The minimum Gasteiger partial charge on any atom is -0.490 e. The average Bonchev–Trinajstić information content (AvgIpc) is 3.12. The molecule has 0 aliphatic carbocycles. The van der Waals surface area contributed by atoms with Gasteiger partial charge in [-0.15, -0.1) is 0 Å². The van der Waals surface area contributed by atoms with Gasteiger partial charge in [0, 0.05) is 23.5 Å². The predicted octanol–water partition coefficient (Wildman–Crippen LogP) is 2.79. The lowest BCUT2D eigenvalue weighted by Gasteiger charge is -2.13. The molecular weight excluding hydrogens is 352 g/mol. The molecule has 0 atom stereocenters. The minimum absolute atomic E-state index is 0.132. The topological polar surface area (TPSA) is 95.1 Å². The third-order valence-electron chi connectivity index (χ3n) is 3.64. The summed E-state index contributed by atoms with van der Waals surface area (Å²) in [6.07, 6.45) is 0. The molecule has 142 valence electrons. The molecule has 2 amide bonds. The quantitative estimate of drug-likeness (QED) is 0.757. The van der Waals surface area contributed by atoms with Crippen LogP contribution in [-0.4, -0.2) is 31.8 Å². The van der Waals surface area contributed by atoms with Gasteiger partial charge in [0.1, 0.15) is 0 Å². The summed E-state index contributed by atoms with van der Waals surface area (Å²) >= 11 is 0. The smallest absolute Gasteiger partial charge is 0.314 e. The van der Waals surface area contributed by atoms with Gasteiger partial charge in [0.15, 0.2) is 23.0 Å². The first kappa shape index (κ1) is 18.4. The molecule has 0 unspecified atom stereocenters. The van der Waals surface area contributed by atoms with E-state index in [-0.39, 0.29) is 6.79 Å². The molecule has 2 aromatic carbocycles. The number of benzene rings is 2. The van der Waals surface area contributed by atoms with E-state index in [1.54, 1.807) is 36.4 Å². The molecule has 0 saturated heterocycles. The van der Waals surface area contributed by atoms with Gasteiger partial charge < -0.3 is 29.6 Å². The van der Waals surface area contributed by atoms with E-state index >= 15 is 0 Å². The Hall–Kier alpha value is -3.42. The van der Waals surface area contributed by atoms with Gasteiger partial charge in [0.25, 0.3) is 0 Å². The van der Waals surface area contributed by atoms with E-state index in [9.17, 15) is 9.59 Å². The van der Waals surface area contributed by atoms with Crippen molar-refractivity contribution in [1.82, 2.24) is 0 Å². The zero-order valence-corrected chi connectivity index (χ0v) is 15.0. The monoisotopic (exact) mass is 372 g/mol. The lowest BCUT2D eigenvalue weighted by molar-refractivity contribution is -0.133. The lowest BCUT2D eigenvalue weighted by atomic mass is 10.2. The van der Waals surface area contributed by atoms with Crippen LogP contribution >= 0.6 is 0 Å². The van der Waals surface area contributed by atoms with Gasteiger partial charge in [0.05, 0.1) is 13.2 Å². The number of hydrogen-bond donors (Lipinski definition) is 2. The zero-order valence-electron chi connectivity index (χ0n) is 15.0. The highest BCUT2D eigenvalue weighted by molar-refractivity contribution is 6.43. The van der Waals surface area contributed by atoms with Crippen molar-refractivity contribution in [1.29, 1.82) is 0 Å². The molecule has 8 nitrogen and oxygen atoms in total. The third kappa shape index (κ3) is 4.41. The summed E-state index contributed by atoms with van der Waals surface area (Å²) in [7, 11) is 0. The Labute approximate surface area is 156 Å². The molecule has 2 N–H and O–H groups in total. The number of rotatable bonds is 6. The maximum absolute atomic E-state index is 12.2. The van der Waals surface area contributed by atoms with Crippen LogP contribution in [0.25, 0.3) is 0 Å². The number of carbonyl (C=O) groups excluding carboxylic acids is 2. The molecule has 2 aromatic rings. The van der Waals surface area contributed by atoms with Crippen LogP contribution in [0, 0.1) is 0 Å². The predicted molar refractivity (Wildman–Crippen MR) is 98.6 cm³/mol. The molecule has 0 aromatic heterocycles. The highest BCUT2D eigenvalue weighted by Gasteiger charge is 2.18. The summed E-state index contributed by atoms with van der Waals surface area (Å²) in [5.74, 6) is 0.562. The molecule has 1 aliphatic heterocycles. The SMILES string of the molecule is CCOc1ccc(NC(=O)C(=O)Nc2ccc3c(c2)OCO3)cc1OCC. The van der Waals surface area contributed by atoms with E-state index in [1.807, 2.05) is 13.8 Å². The molecule has 3 rings (SSSR count). The van der Waals surface area contributed by atoms with E-state index < -0.39 is 11.8 Å². The second-order valence-electron chi connectivity index (χ2n) is 5.50. The largest absolute Gasteiger partial charge is 0.490 e. The Morgan fingerprint density at radius 2 is 1.44 bits per heavy atom. The van der Waals surface area contributed by atoms with E-state index in [1.165, 1.54) is 0 Å². The van der Waals surface area contributed by atoms with Crippen LogP contribution < -0.4 is 29.6 Å². The maximum atomic E-state index is 12.2. The second-order valence-corrected chi connectivity index (χ2v) is 5.50. The van der Waals surface area contributed by atoms with Crippen LogP contribution in [-0.2, 0) is 9.59 Å². The molecule has 1 heterocycles. The Bertz CT molecular complexity index is 852. The van der Waals surface area contributed by atoms with Crippen LogP contribution in [0.3, 0.4) is 0 Å². The normalized spacial score (nSPS) is 11.6. The van der Waals surface area contributed by atoms with Gasteiger partial charge >= 0.3 is 11.8 Å². The summed E-state index contributed by atoms with van der Waals surface area (Å²) in [5.41, 5.74) is 0.855. The Morgan fingerprint density at radius 1 is 0.852 bits per heavy atom. The highest BCUT2D eigenvalue weighted by atomic mass is 16.7. The zero-order chi connectivity index (χ0) is 19.2. The van der Waals surface area contributed by atoms with Crippen LogP contribution in [0.15, 0.2) is 36.4 Å². The fraction of sp³-hybridized carbons (Fsp3) is 0.263. The third-order valence-corrected chi connectivity index (χ3v) is 3.64. The Kier molecular flexibility index (Phi) is 5.65. The van der Waals surface area contributed by atoms with Crippen molar-refractivity contribution in [2.24, 2.45) is 0 Å². The number of amides is 2. The van der Waals surface area contributed by atoms with Gasteiger partial charge in [-0.05, 0) is 38.1 Å². The summed E-state index contributed by atoms with van der Waals surface area (Å²) in [6.45, 7) is 4.78. The minimum atomic E-state index is -0.806. The molecule has 0 bridgehead atoms. The maximum Gasteiger partial charge on any atom is 0.314 e. The summed E-state index contributed by atoms with van der Waals surface area (Å²) in [6, 6.07) is 9.82. The second kappa shape index (κ2) is 8.31. The van der Waals surface area contributed by atoms with Crippen LogP contribution in [0.2, 0.25) is 0 Å². The molecule has 27 heavy (non-hydrogen) atoms. The van der Waals surface area contributed by atoms with Crippen molar-refractivity contribution in [3.05, 3.63) is 36.4 Å². The van der Waals surface area contributed by atoms with Gasteiger partial charge in [0.2, 0.25) is 6.79 Å². The number of fused-ring (bicyclic) bond motifs is 1. The Morgan fingerprint density at radius 3 is 2.15 bits per heavy atom. The number of ether oxygens (including phenoxy) is 4. The van der Waals surface area contributed by atoms with Crippen molar-refractivity contribution in [3.8, 4) is 23.0 Å². The fourth-order valence-corrected chi connectivity index (χ4v) is 2.48. The molecule has 1 aliphatic rings. The lowest BCUT2D eigenvalue weighted by Crippen LogP contribution is -2.29. The average molecular weight is 372 g/mol. The highest BCUT2D eigenvalue weighted by Crippen LogP contribution is 2.34. The van der Waals surface area contributed by atoms with Crippen molar-refractivity contribution in [2.45, 2.75) is 13.8 Å². The number of anilines is 2. The molecular formula is C19H20N2O6. The molecule has 0 radical (unpaired) electrons. The van der Waals surface area contributed by atoms with Gasteiger partial charge in [-0.3, -0.25) is 9.59 Å². The number of carbonyl (C=O) groups is 2. The molecule has 0 spiro atoms. The van der Waals surface area contributed by atoms with Crippen LogP contribution in [0.5, 0.6) is 23.0 Å². The first-order valence-electron chi connectivity index (χ1n) is 8.52. The van der Waals surface area contributed by atoms with E-state index in [0.29, 0.717) is 47.6 Å². The first-order valence-corrected chi connectivity index (χ1v) is 8.52. The van der Waals surface area contributed by atoms with Gasteiger partial charge in [-0.25, -0.2) is 0 Å². The Balaban J connectivity index is 1.65. The van der Waals surface area contributed by atoms with E-state index in [4.69, 9.17) is 18.9 Å². The summed E-state index contributed by atoms with van der Waals surface area (Å²) in [5, 5.41) is 5.06. The van der Waals surface area contributed by atoms with Crippen molar-refractivity contribution in [3.63, 3.8) is 0 Å². The van der Waals surface area contributed by atoms with Gasteiger partial charge in [-0.2, -0.15) is 0 Å². The van der Waals surface area contributed by atoms with Crippen molar-refractivity contribution < 1.29 is 28.5 Å². The van der Waals surface area contributed by atoms with Crippen molar-refractivity contribution in [2.75, 3.05) is 30.6 Å². The van der Waals surface area contributed by atoms with Crippen LogP contribution in [0.4, 0.5) is 11.4 Å². The van der Waals surface area contributed by atoms with Crippen LogP contribution in [0.1, 0.15) is 13.8 Å². The molecule has 0 saturated carbocycles. The van der Waals surface area contributed by atoms with Crippen molar-refractivity contribution >= 4 is 23.2 Å². The summed E-state index contributed by atoms with van der Waals surface area (Å²) < 4.78 is 21.4. The number of nitrogens with one attached hydrogen (secondary N) is 2. The summed E-state index contributed by atoms with van der Waals surface area (Å²) in [4.78, 5) is 24.3. The standard InChI is InChI=1S/C19H20N2O6/c1-3-24-14-7-5-12(9-16(14)25-4-2)20-18(22)19(23)21-13-6-8-15-17(10-13)27-11-26-15/h5-10H,3-4,11H2,1-2H3,(H,20,22)(H,21,23). The van der Waals surface area contributed by atoms with E-state index in [0.717, 1.165) is 0 Å².